The third kappa shape index (κ3) is 4.17. The summed E-state index contributed by atoms with van der Waals surface area (Å²) in [6, 6.07) is 6.22. The highest BCUT2D eigenvalue weighted by molar-refractivity contribution is 5.81. The summed E-state index contributed by atoms with van der Waals surface area (Å²) in [6.07, 6.45) is 5.97. The van der Waals surface area contributed by atoms with Gasteiger partial charge in [-0.1, -0.05) is 18.2 Å². The zero-order valence-electron chi connectivity index (χ0n) is 12.1. The first-order valence-electron chi connectivity index (χ1n) is 7.35. The SMILES string of the molecule is Cc1cccc(C)c1CC(=O)CCC1CCCCO1. The Morgan fingerprint density at radius 3 is 2.63 bits per heavy atom. The van der Waals surface area contributed by atoms with E-state index >= 15 is 0 Å². The molecule has 2 heteroatoms. The number of aryl methyl sites for hydroxylation is 2. The summed E-state index contributed by atoms with van der Waals surface area (Å²) < 4.78 is 5.67. The molecule has 1 heterocycles. The van der Waals surface area contributed by atoms with Crippen molar-refractivity contribution < 1.29 is 9.53 Å². The number of hydrogen-bond acceptors (Lipinski definition) is 2. The fraction of sp³-hybridized carbons (Fsp3) is 0.588. The van der Waals surface area contributed by atoms with E-state index in [0.717, 1.165) is 19.4 Å². The van der Waals surface area contributed by atoms with Crippen LogP contribution < -0.4 is 0 Å². The van der Waals surface area contributed by atoms with Crippen molar-refractivity contribution in [1.82, 2.24) is 0 Å². The molecule has 1 aliphatic rings. The number of Topliss-reactive ketones (excluding diaryl/α,β-unsaturated/α-hetero) is 1. The largest absolute Gasteiger partial charge is 0.378 e. The molecular weight excluding hydrogens is 236 g/mol. The van der Waals surface area contributed by atoms with Gasteiger partial charge in [0.25, 0.3) is 0 Å². The van der Waals surface area contributed by atoms with Crippen LogP contribution in [0.3, 0.4) is 0 Å². The maximum absolute atomic E-state index is 12.1. The second-order valence-corrected chi connectivity index (χ2v) is 5.61. The number of hydrogen-bond donors (Lipinski definition) is 0. The van der Waals surface area contributed by atoms with Crippen LogP contribution in [-0.2, 0) is 16.0 Å². The maximum Gasteiger partial charge on any atom is 0.137 e. The summed E-state index contributed by atoms with van der Waals surface area (Å²) in [5.41, 5.74) is 3.65. The van der Waals surface area contributed by atoms with Gasteiger partial charge in [-0.15, -0.1) is 0 Å². The van der Waals surface area contributed by atoms with E-state index < -0.39 is 0 Å². The highest BCUT2D eigenvalue weighted by Crippen LogP contribution is 2.19. The number of ketones is 1. The number of ether oxygens (including phenoxy) is 1. The zero-order chi connectivity index (χ0) is 13.7. The van der Waals surface area contributed by atoms with Gasteiger partial charge in [0.2, 0.25) is 0 Å². The monoisotopic (exact) mass is 260 g/mol. The molecule has 2 rings (SSSR count). The van der Waals surface area contributed by atoms with E-state index in [1.165, 1.54) is 29.5 Å². The maximum atomic E-state index is 12.1. The first-order valence-corrected chi connectivity index (χ1v) is 7.35. The molecule has 1 fully saturated rings. The summed E-state index contributed by atoms with van der Waals surface area (Å²) >= 11 is 0. The summed E-state index contributed by atoms with van der Waals surface area (Å²) in [7, 11) is 0. The van der Waals surface area contributed by atoms with Gasteiger partial charge in [0.05, 0.1) is 6.10 Å². The fourth-order valence-corrected chi connectivity index (χ4v) is 2.77. The third-order valence-electron chi connectivity index (χ3n) is 4.04. The van der Waals surface area contributed by atoms with Crippen molar-refractivity contribution in [1.29, 1.82) is 0 Å². The highest BCUT2D eigenvalue weighted by Gasteiger charge is 2.16. The molecule has 0 aliphatic carbocycles. The Bertz CT molecular complexity index is 411. The normalized spacial score (nSPS) is 19.4. The Balaban J connectivity index is 1.83. The van der Waals surface area contributed by atoms with Crippen LogP contribution in [0.5, 0.6) is 0 Å². The van der Waals surface area contributed by atoms with E-state index in [2.05, 4.69) is 32.0 Å². The van der Waals surface area contributed by atoms with Crippen molar-refractivity contribution in [3.63, 3.8) is 0 Å². The van der Waals surface area contributed by atoms with Crippen molar-refractivity contribution >= 4 is 5.78 Å². The molecule has 1 saturated heterocycles. The molecule has 1 atom stereocenters. The van der Waals surface area contributed by atoms with Crippen molar-refractivity contribution in [2.45, 2.75) is 58.5 Å². The molecule has 0 spiro atoms. The Kier molecular flexibility index (Phi) is 5.15. The number of rotatable bonds is 5. The van der Waals surface area contributed by atoms with Gasteiger partial charge in [-0.2, -0.15) is 0 Å². The van der Waals surface area contributed by atoms with Crippen LogP contribution in [0.4, 0.5) is 0 Å². The summed E-state index contributed by atoms with van der Waals surface area (Å²) in [4.78, 5) is 12.1. The Morgan fingerprint density at radius 1 is 1.26 bits per heavy atom. The molecule has 1 aromatic rings. The van der Waals surface area contributed by atoms with Gasteiger partial charge in [0, 0.05) is 19.4 Å². The number of carbonyl (C=O) groups excluding carboxylic acids is 1. The second-order valence-electron chi connectivity index (χ2n) is 5.61. The molecule has 1 aliphatic heterocycles. The van der Waals surface area contributed by atoms with E-state index in [1.54, 1.807) is 0 Å². The van der Waals surface area contributed by atoms with Gasteiger partial charge in [-0.05, 0) is 56.2 Å². The molecular formula is C17H24O2. The average molecular weight is 260 g/mol. The zero-order valence-corrected chi connectivity index (χ0v) is 12.1. The van der Waals surface area contributed by atoms with E-state index in [-0.39, 0.29) is 0 Å². The minimum atomic E-state index is 0.315. The quantitative estimate of drug-likeness (QED) is 0.805. The Labute approximate surface area is 116 Å². The molecule has 2 nitrogen and oxygen atoms in total. The van der Waals surface area contributed by atoms with Gasteiger partial charge in [-0.25, -0.2) is 0 Å². The van der Waals surface area contributed by atoms with E-state index in [0.29, 0.717) is 24.7 Å². The van der Waals surface area contributed by atoms with Crippen LogP contribution in [0.1, 0.15) is 48.8 Å². The van der Waals surface area contributed by atoms with Gasteiger partial charge in [0.15, 0.2) is 0 Å². The molecule has 19 heavy (non-hydrogen) atoms. The van der Waals surface area contributed by atoms with Crippen molar-refractivity contribution in [2.75, 3.05) is 6.61 Å². The minimum absolute atomic E-state index is 0.315. The van der Waals surface area contributed by atoms with Crippen LogP contribution >= 0.6 is 0 Å². The van der Waals surface area contributed by atoms with E-state index in [4.69, 9.17) is 4.74 Å². The lowest BCUT2D eigenvalue weighted by Gasteiger charge is -2.22. The molecule has 0 radical (unpaired) electrons. The van der Waals surface area contributed by atoms with E-state index in [9.17, 15) is 4.79 Å². The minimum Gasteiger partial charge on any atom is -0.378 e. The van der Waals surface area contributed by atoms with Gasteiger partial charge < -0.3 is 4.74 Å². The van der Waals surface area contributed by atoms with Gasteiger partial charge >= 0.3 is 0 Å². The van der Waals surface area contributed by atoms with E-state index in [1.807, 2.05) is 0 Å². The standard InChI is InChI=1S/C17H24O2/c1-13-6-5-7-14(2)17(13)12-15(18)9-10-16-8-3-4-11-19-16/h5-7,16H,3-4,8-12H2,1-2H3. The summed E-state index contributed by atoms with van der Waals surface area (Å²) in [6.45, 7) is 5.04. The molecule has 1 aromatic carbocycles. The lowest BCUT2D eigenvalue weighted by atomic mass is 9.95. The number of carbonyl (C=O) groups is 1. The number of benzene rings is 1. The van der Waals surface area contributed by atoms with Crippen molar-refractivity contribution in [3.05, 3.63) is 34.9 Å². The van der Waals surface area contributed by atoms with Gasteiger partial charge in [0.1, 0.15) is 5.78 Å². The summed E-state index contributed by atoms with van der Waals surface area (Å²) in [5.74, 6) is 0.339. The van der Waals surface area contributed by atoms with Crippen molar-refractivity contribution in [2.24, 2.45) is 0 Å². The van der Waals surface area contributed by atoms with Crippen molar-refractivity contribution in [3.8, 4) is 0 Å². The van der Waals surface area contributed by atoms with Crippen LogP contribution in [0.15, 0.2) is 18.2 Å². The molecule has 0 bridgehead atoms. The first kappa shape index (κ1) is 14.3. The Morgan fingerprint density at radius 2 is 2.00 bits per heavy atom. The van der Waals surface area contributed by atoms with Gasteiger partial charge in [-0.3, -0.25) is 4.79 Å². The topological polar surface area (TPSA) is 26.3 Å². The molecule has 104 valence electrons. The van der Waals surface area contributed by atoms with Crippen LogP contribution in [0, 0.1) is 13.8 Å². The molecule has 0 aromatic heterocycles. The second kappa shape index (κ2) is 6.85. The van der Waals surface area contributed by atoms with Crippen LogP contribution in [-0.4, -0.2) is 18.5 Å². The molecule has 0 N–H and O–H groups in total. The van der Waals surface area contributed by atoms with Crippen LogP contribution in [0.25, 0.3) is 0 Å². The fourth-order valence-electron chi connectivity index (χ4n) is 2.77. The lowest BCUT2D eigenvalue weighted by Crippen LogP contribution is -2.20. The predicted octanol–water partition coefficient (Wildman–Crippen LogP) is 3.76. The molecule has 0 amide bonds. The lowest BCUT2D eigenvalue weighted by molar-refractivity contribution is -0.119. The smallest absolute Gasteiger partial charge is 0.137 e. The van der Waals surface area contributed by atoms with Crippen LogP contribution in [0.2, 0.25) is 0 Å². The summed E-state index contributed by atoms with van der Waals surface area (Å²) in [5, 5.41) is 0. The third-order valence-corrected chi connectivity index (χ3v) is 4.04. The first-order chi connectivity index (χ1) is 9.16. The highest BCUT2D eigenvalue weighted by atomic mass is 16.5. The molecule has 0 saturated carbocycles. The predicted molar refractivity (Wildman–Crippen MR) is 77.5 cm³/mol. The Hall–Kier alpha value is -1.15. The average Bonchev–Trinajstić information content (AvgIpc) is 2.42. The molecule has 1 unspecified atom stereocenters.